The molecule has 0 unspecified atom stereocenters. The number of benzene rings is 2. The first-order chi connectivity index (χ1) is 12.2. The zero-order valence-corrected chi connectivity index (χ0v) is 14.2. The maximum atomic E-state index is 14.0. The van der Waals surface area contributed by atoms with Crippen LogP contribution in [0.1, 0.15) is 0 Å². The molecular formula is C17H13FN4O2S. The molecule has 4 rings (SSSR count). The van der Waals surface area contributed by atoms with Crippen LogP contribution in [-0.2, 0) is 0 Å². The summed E-state index contributed by atoms with van der Waals surface area (Å²) in [6.45, 7) is 0. The molecule has 0 saturated carbocycles. The van der Waals surface area contributed by atoms with Crippen LogP contribution in [0, 0.1) is 5.82 Å². The summed E-state index contributed by atoms with van der Waals surface area (Å²) in [6, 6.07) is 12.0. The van der Waals surface area contributed by atoms with E-state index < -0.39 is 0 Å². The van der Waals surface area contributed by atoms with Gasteiger partial charge in [0.25, 0.3) is 0 Å². The Bertz CT molecular complexity index is 1060. The molecule has 0 saturated heterocycles. The highest BCUT2D eigenvalue weighted by molar-refractivity contribution is 7.19. The van der Waals surface area contributed by atoms with Gasteiger partial charge in [-0.05, 0) is 30.3 Å². The van der Waals surface area contributed by atoms with Crippen molar-refractivity contribution in [3.05, 3.63) is 48.3 Å². The molecule has 0 fully saturated rings. The first-order valence-corrected chi connectivity index (χ1v) is 8.22. The Balaban J connectivity index is 1.83. The van der Waals surface area contributed by atoms with Crippen LogP contribution in [0.4, 0.5) is 4.39 Å². The Hall–Kier alpha value is -3.00. The Morgan fingerprint density at radius 2 is 1.80 bits per heavy atom. The molecule has 25 heavy (non-hydrogen) atoms. The number of halogens is 1. The van der Waals surface area contributed by atoms with Gasteiger partial charge in [-0.25, -0.2) is 4.39 Å². The first-order valence-electron chi connectivity index (χ1n) is 7.41. The van der Waals surface area contributed by atoms with E-state index in [2.05, 4.69) is 15.3 Å². The number of aromatic nitrogens is 4. The van der Waals surface area contributed by atoms with Crippen molar-refractivity contribution < 1.29 is 13.9 Å². The smallest absolute Gasteiger partial charge is 0.235 e. The van der Waals surface area contributed by atoms with Crippen molar-refractivity contribution in [1.82, 2.24) is 19.8 Å². The van der Waals surface area contributed by atoms with Crippen LogP contribution in [0.2, 0.25) is 0 Å². The molecule has 0 aliphatic rings. The van der Waals surface area contributed by atoms with E-state index >= 15 is 0 Å². The second-order valence-corrected chi connectivity index (χ2v) is 6.13. The summed E-state index contributed by atoms with van der Waals surface area (Å²) in [5.74, 6) is 1.44. The van der Waals surface area contributed by atoms with Gasteiger partial charge in [0.2, 0.25) is 4.96 Å². The first kappa shape index (κ1) is 15.5. The molecule has 2 heterocycles. The number of methoxy groups -OCH3 is 2. The molecule has 0 radical (unpaired) electrons. The molecule has 0 bridgehead atoms. The van der Waals surface area contributed by atoms with Gasteiger partial charge in [-0.3, -0.25) is 0 Å². The number of nitrogens with zero attached hydrogens (tertiary/aromatic N) is 4. The summed E-state index contributed by atoms with van der Waals surface area (Å²) >= 11 is 1.28. The van der Waals surface area contributed by atoms with E-state index in [-0.39, 0.29) is 5.82 Å². The Labute approximate surface area is 146 Å². The predicted octanol–water partition coefficient (Wildman–Crippen LogP) is 3.68. The summed E-state index contributed by atoms with van der Waals surface area (Å²) < 4.78 is 26.2. The topological polar surface area (TPSA) is 61.5 Å². The Morgan fingerprint density at radius 1 is 1.00 bits per heavy atom. The standard InChI is InChI=1S/C17H13FN4O2S/c1-23-13-8-7-10(9-14(13)24-2)15-19-20-17-22(15)21-16(25-17)11-5-3-4-6-12(11)18/h3-9H,1-2H3. The lowest BCUT2D eigenvalue weighted by Gasteiger charge is -2.08. The molecular weight excluding hydrogens is 343 g/mol. The SMILES string of the molecule is COc1ccc(-c2nnc3sc(-c4ccccc4F)nn23)cc1OC. The number of rotatable bonds is 4. The van der Waals surface area contributed by atoms with E-state index in [1.807, 2.05) is 6.07 Å². The molecule has 2 aromatic heterocycles. The fourth-order valence-electron chi connectivity index (χ4n) is 2.52. The summed E-state index contributed by atoms with van der Waals surface area (Å²) in [4.78, 5) is 0.586. The van der Waals surface area contributed by atoms with Gasteiger partial charge in [-0.1, -0.05) is 23.5 Å². The van der Waals surface area contributed by atoms with E-state index in [1.165, 1.54) is 17.4 Å². The maximum Gasteiger partial charge on any atom is 0.235 e. The maximum absolute atomic E-state index is 14.0. The zero-order valence-electron chi connectivity index (χ0n) is 13.4. The third kappa shape index (κ3) is 2.60. The highest BCUT2D eigenvalue weighted by Gasteiger charge is 2.17. The van der Waals surface area contributed by atoms with Crippen LogP contribution in [0.3, 0.4) is 0 Å². The molecule has 0 N–H and O–H groups in total. The van der Waals surface area contributed by atoms with Crippen molar-refractivity contribution >= 4 is 16.3 Å². The molecule has 0 atom stereocenters. The number of ether oxygens (including phenoxy) is 2. The van der Waals surface area contributed by atoms with Crippen LogP contribution < -0.4 is 9.47 Å². The fourth-order valence-corrected chi connectivity index (χ4v) is 3.38. The van der Waals surface area contributed by atoms with Gasteiger partial charge in [-0.2, -0.15) is 9.61 Å². The van der Waals surface area contributed by atoms with Crippen molar-refractivity contribution in [2.24, 2.45) is 0 Å². The minimum atomic E-state index is -0.319. The normalized spacial score (nSPS) is 11.0. The van der Waals surface area contributed by atoms with Gasteiger partial charge < -0.3 is 9.47 Å². The van der Waals surface area contributed by atoms with Crippen LogP contribution in [0.25, 0.3) is 26.9 Å². The molecule has 0 aliphatic carbocycles. The summed E-state index contributed by atoms with van der Waals surface area (Å²) in [6.07, 6.45) is 0. The van der Waals surface area contributed by atoms with Crippen LogP contribution in [0.15, 0.2) is 42.5 Å². The monoisotopic (exact) mass is 356 g/mol. The third-order valence-corrected chi connectivity index (χ3v) is 4.67. The Morgan fingerprint density at radius 3 is 2.56 bits per heavy atom. The van der Waals surface area contributed by atoms with Crippen LogP contribution >= 0.6 is 11.3 Å². The summed E-state index contributed by atoms with van der Waals surface area (Å²) in [7, 11) is 3.15. The molecule has 8 heteroatoms. The van der Waals surface area contributed by atoms with Gasteiger partial charge in [-0.15, -0.1) is 10.2 Å². The van der Waals surface area contributed by atoms with Gasteiger partial charge in [0, 0.05) is 11.1 Å². The summed E-state index contributed by atoms with van der Waals surface area (Å²) in [5.41, 5.74) is 1.21. The van der Waals surface area contributed by atoms with Crippen molar-refractivity contribution in [3.8, 4) is 33.5 Å². The molecule has 0 spiro atoms. The number of hydrogen-bond acceptors (Lipinski definition) is 6. The number of hydrogen-bond donors (Lipinski definition) is 0. The minimum Gasteiger partial charge on any atom is -0.493 e. The largest absolute Gasteiger partial charge is 0.493 e. The highest BCUT2D eigenvalue weighted by Crippen LogP contribution is 2.33. The predicted molar refractivity (Wildman–Crippen MR) is 92.6 cm³/mol. The molecule has 126 valence electrons. The van der Waals surface area contributed by atoms with E-state index in [4.69, 9.17) is 9.47 Å². The molecule has 0 amide bonds. The lowest BCUT2D eigenvalue weighted by molar-refractivity contribution is 0.355. The number of fused-ring (bicyclic) bond motifs is 1. The van der Waals surface area contributed by atoms with E-state index in [9.17, 15) is 4.39 Å². The second-order valence-electron chi connectivity index (χ2n) is 5.17. The van der Waals surface area contributed by atoms with E-state index in [0.29, 0.717) is 32.9 Å². The fraction of sp³-hybridized carbons (Fsp3) is 0.118. The quantitative estimate of drug-likeness (QED) is 0.558. The third-order valence-electron chi connectivity index (χ3n) is 3.74. The highest BCUT2D eigenvalue weighted by atomic mass is 32.1. The van der Waals surface area contributed by atoms with Gasteiger partial charge >= 0.3 is 0 Å². The zero-order chi connectivity index (χ0) is 17.4. The average molecular weight is 356 g/mol. The van der Waals surface area contributed by atoms with Crippen LogP contribution in [0.5, 0.6) is 11.5 Å². The molecule has 6 nitrogen and oxygen atoms in total. The minimum absolute atomic E-state index is 0.319. The molecule has 0 aliphatic heterocycles. The summed E-state index contributed by atoms with van der Waals surface area (Å²) in [5, 5.41) is 13.4. The lowest BCUT2D eigenvalue weighted by atomic mass is 10.2. The van der Waals surface area contributed by atoms with Gasteiger partial charge in [0.1, 0.15) is 5.82 Å². The van der Waals surface area contributed by atoms with Crippen molar-refractivity contribution in [3.63, 3.8) is 0 Å². The van der Waals surface area contributed by atoms with Crippen molar-refractivity contribution in [2.45, 2.75) is 0 Å². The molecule has 4 aromatic rings. The Kier molecular flexibility index (Phi) is 3.81. The van der Waals surface area contributed by atoms with E-state index in [0.717, 1.165) is 5.56 Å². The second kappa shape index (κ2) is 6.14. The van der Waals surface area contributed by atoms with Crippen molar-refractivity contribution in [2.75, 3.05) is 14.2 Å². The van der Waals surface area contributed by atoms with Crippen molar-refractivity contribution in [1.29, 1.82) is 0 Å². The van der Waals surface area contributed by atoms with Gasteiger partial charge in [0.05, 0.1) is 14.2 Å². The van der Waals surface area contributed by atoms with Crippen LogP contribution in [-0.4, -0.2) is 34.0 Å². The molecule has 2 aromatic carbocycles. The van der Waals surface area contributed by atoms with Gasteiger partial charge in [0.15, 0.2) is 22.3 Å². The van der Waals surface area contributed by atoms with E-state index in [1.54, 1.807) is 49.1 Å². The average Bonchev–Trinajstić information content (AvgIpc) is 3.22. The lowest BCUT2D eigenvalue weighted by Crippen LogP contribution is -1.94.